The van der Waals surface area contributed by atoms with Crippen LogP contribution in [-0.2, 0) is 0 Å². The van der Waals surface area contributed by atoms with Gasteiger partial charge in [0.1, 0.15) is 5.82 Å². The average molecular weight is 357 g/mol. The first-order chi connectivity index (χ1) is 13.2. The van der Waals surface area contributed by atoms with Crippen molar-refractivity contribution in [2.75, 3.05) is 10.6 Å². The predicted molar refractivity (Wildman–Crippen MR) is 106 cm³/mol. The second-order valence-electron chi connectivity index (χ2n) is 6.04. The number of hydrogen-bond acceptors (Lipinski definition) is 3. The Labute approximate surface area is 155 Å². The zero-order valence-corrected chi connectivity index (χ0v) is 14.3. The number of hydrogen-bond donors (Lipinski definition) is 2. The number of nitrogens with one attached hydrogen (secondary N) is 2. The van der Waals surface area contributed by atoms with Gasteiger partial charge in [-0.1, -0.05) is 18.2 Å². The third-order valence-electron chi connectivity index (χ3n) is 4.16. The number of benzene rings is 3. The number of carbonyl (C=O) groups excluding carboxylic acids is 1. The van der Waals surface area contributed by atoms with Gasteiger partial charge in [-0.25, -0.2) is 4.39 Å². The quantitative estimate of drug-likeness (QED) is 0.516. The van der Waals surface area contributed by atoms with Gasteiger partial charge in [0.2, 0.25) is 0 Å². The van der Waals surface area contributed by atoms with Crippen LogP contribution in [0.5, 0.6) is 0 Å². The molecule has 0 saturated carbocycles. The number of para-hydroxylation sites is 1. The highest BCUT2D eigenvalue weighted by Gasteiger charge is 2.07. The van der Waals surface area contributed by atoms with Gasteiger partial charge in [0.15, 0.2) is 0 Å². The molecular formula is C22H16FN3O. The molecular weight excluding hydrogens is 341 g/mol. The Hall–Kier alpha value is -3.73. The Morgan fingerprint density at radius 2 is 1.52 bits per heavy atom. The van der Waals surface area contributed by atoms with E-state index >= 15 is 0 Å². The van der Waals surface area contributed by atoms with Crippen molar-refractivity contribution >= 4 is 33.9 Å². The van der Waals surface area contributed by atoms with Gasteiger partial charge in [-0.05, 0) is 60.7 Å². The number of fused-ring (bicyclic) bond motifs is 1. The standard InChI is InChI=1S/C22H16FN3O/c23-17-8-6-16(7-9-17)22(27)26-19-12-10-18(11-13-19)25-20-5-1-3-15-4-2-14-24-21(15)20/h1-14,25H,(H,26,27). The molecule has 0 aliphatic heterocycles. The minimum absolute atomic E-state index is 0.283. The van der Waals surface area contributed by atoms with E-state index < -0.39 is 0 Å². The fourth-order valence-corrected chi connectivity index (χ4v) is 2.80. The number of halogens is 1. The lowest BCUT2D eigenvalue weighted by atomic mass is 10.2. The summed E-state index contributed by atoms with van der Waals surface area (Å²) >= 11 is 0. The van der Waals surface area contributed by atoms with Crippen LogP contribution >= 0.6 is 0 Å². The summed E-state index contributed by atoms with van der Waals surface area (Å²) in [6.07, 6.45) is 1.77. The molecule has 0 saturated heterocycles. The summed E-state index contributed by atoms with van der Waals surface area (Å²) in [5, 5.41) is 7.21. The summed E-state index contributed by atoms with van der Waals surface area (Å²) in [4.78, 5) is 16.6. The van der Waals surface area contributed by atoms with Crippen LogP contribution in [0.15, 0.2) is 85.1 Å². The lowest BCUT2D eigenvalue weighted by Gasteiger charge is -2.10. The van der Waals surface area contributed by atoms with Gasteiger partial charge in [0.25, 0.3) is 5.91 Å². The van der Waals surface area contributed by atoms with Gasteiger partial charge < -0.3 is 10.6 Å². The number of aromatic nitrogens is 1. The molecule has 132 valence electrons. The second kappa shape index (κ2) is 7.25. The molecule has 1 heterocycles. The number of anilines is 3. The van der Waals surface area contributed by atoms with Gasteiger partial charge in [-0.3, -0.25) is 9.78 Å². The van der Waals surface area contributed by atoms with E-state index in [1.165, 1.54) is 24.3 Å². The van der Waals surface area contributed by atoms with Crippen LogP contribution in [0.25, 0.3) is 10.9 Å². The molecule has 4 rings (SSSR count). The van der Waals surface area contributed by atoms with Crippen molar-refractivity contribution in [3.05, 3.63) is 96.4 Å². The van der Waals surface area contributed by atoms with Gasteiger partial charge in [0.05, 0.1) is 11.2 Å². The van der Waals surface area contributed by atoms with Crippen LogP contribution in [0.3, 0.4) is 0 Å². The van der Waals surface area contributed by atoms with Crippen molar-refractivity contribution in [1.82, 2.24) is 4.98 Å². The lowest BCUT2D eigenvalue weighted by Crippen LogP contribution is -2.11. The molecule has 0 spiro atoms. The largest absolute Gasteiger partial charge is 0.354 e. The predicted octanol–water partition coefficient (Wildman–Crippen LogP) is 5.37. The highest BCUT2D eigenvalue weighted by Crippen LogP contribution is 2.25. The van der Waals surface area contributed by atoms with E-state index in [9.17, 15) is 9.18 Å². The van der Waals surface area contributed by atoms with E-state index in [2.05, 4.69) is 15.6 Å². The Bertz CT molecular complexity index is 1090. The maximum Gasteiger partial charge on any atom is 0.255 e. The number of carbonyl (C=O) groups is 1. The van der Waals surface area contributed by atoms with E-state index in [0.717, 1.165) is 22.3 Å². The SMILES string of the molecule is O=C(Nc1ccc(Nc2cccc3cccnc23)cc1)c1ccc(F)cc1. The van der Waals surface area contributed by atoms with Crippen molar-refractivity contribution in [3.63, 3.8) is 0 Å². The molecule has 3 aromatic carbocycles. The lowest BCUT2D eigenvalue weighted by molar-refractivity contribution is 0.102. The minimum atomic E-state index is -0.370. The molecule has 4 aromatic rings. The van der Waals surface area contributed by atoms with E-state index in [-0.39, 0.29) is 11.7 Å². The molecule has 0 fully saturated rings. The molecule has 0 aliphatic rings. The van der Waals surface area contributed by atoms with Crippen molar-refractivity contribution in [1.29, 1.82) is 0 Å². The summed E-state index contributed by atoms with van der Waals surface area (Å²) in [6, 6.07) is 22.7. The van der Waals surface area contributed by atoms with Crippen molar-refractivity contribution in [2.45, 2.75) is 0 Å². The summed E-state index contributed by atoms with van der Waals surface area (Å²) in [6.45, 7) is 0. The Balaban J connectivity index is 1.49. The smallest absolute Gasteiger partial charge is 0.255 e. The van der Waals surface area contributed by atoms with Crippen LogP contribution in [-0.4, -0.2) is 10.9 Å². The summed E-state index contributed by atoms with van der Waals surface area (Å²) in [5.74, 6) is -0.654. The Morgan fingerprint density at radius 3 is 2.30 bits per heavy atom. The fourth-order valence-electron chi connectivity index (χ4n) is 2.80. The zero-order chi connectivity index (χ0) is 18.6. The average Bonchev–Trinajstić information content (AvgIpc) is 2.70. The topological polar surface area (TPSA) is 54.0 Å². The molecule has 0 bridgehead atoms. The van der Waals surface area contributed by atoms with Crippen molar-refractivity contribution in [3.8, 4) is 0 Å². The van der Waals surface area contributed by atoms with Crippen LogP contribution in [0.2, 0.25) is 0 Å². The van der Waals surface area contributed by atoms with Crippen LogP contribution in [0, 0.1) is 5.82 Å². The number of pyridine rings is 1. The number of nitrogens with zero attached hydrogens (tertiary/aromatic N) is 1. The normalized spacial score (nSPS) is 10.6. The van der Waals surface area contributed by atoms with Crippen LogP contribution in [0.4, 0.5) is 21.5 Å². The Morgan fingerprint density at radius 1 is 0.815 bits per heavy atom. The third kappa shape index (κ3) is 3.77. The first kappa shape index (κ1) is 16.7. The number of rotatable bonds is 4. The van der Waals surface area contributed by atoms with E-state index in [1.807, 2.05) is 54.6 Å². The third-order valence-corrected chi connectivity index (χ3v) is 4.16. The van der Waals surface area contributed by atoms with Crippen LogP contribution in [0.1, 0.15) is 10.4 Å². The summed E-state index contributed by atoms with van der Waals surface area (Å²) in [7, 11) is 0. The van der Waals surface area contributed by atoms with Crippen molar-refractivity contribution < 1.29 is 9.18 Å². The highest BCUT2D eigenvalue weighted by atomic mass is 19.1. The summed E-state index contributed by atoms with van der Waals surface area (Å²) in [5.41, 5.74) is 3.75. The molecule has 27 heavy (non-hydrogen) atoms. The summed E-state index contributed by atoms with van der Waals surface area (Å²) < 4.78 is 13.0. The zero-order valence-electron chi connectivity index (χ0n) is 14.3. The molecule has 2 N–H and O–H groups in total. The highest BCUT2D eigenvalue weighted by molar-refractivity contribution is 6.04. The van der Waals surface area contributed by atoms with E-state index in [0.29, 0.717) is 11.3 Å². The van der Waals surface area contributed by atoms with Gasteiger partial charge >= 0.3 is 0 Å². The second-order valence-corrected chi connectivity index (χ2v) is 6.04. The molecule has 0 atom stereocenters. The van der Waals surface area contributed by atoms with Gasteiger partial charge in [-0.2, -0.15) is 0 Å². The Kier molecular flexibility index (Phi) is 4.49. The molecule has 0 aliphatic carbocycles. The van der Waals surface area contributed by atoms with Gasteiger partial charge in [0, 0.05) is 28.5 Å². The van der Waals surface area contributed by atoms with Crippen LogP contribution < -0.4 is 10.6 Å². The van der Waals surface area contributed by atoms with E-state index in [1.54, 1.807) is 6.20 Å². The molecule has 1 amide bonds. The first-order valence-electron chi connectivity index (χ1n) is 8.47. The molecule has 4 nitrogen and oxygen atoms in total. The molecule has 5 heteroatoms. The molecule has 0 radical (unpaired) electrons. The van der Waals surface area contributed by atoms with Gasteiger partial charge in [-0.15, -0.1) is 0 Å². The maximum absolute atomic E-state index is 13.0. The maximum atomic E-state index is 13.0. The molecule has 1 aromatic heterocycles. The monoisotopic (exact) mass is 357 g/mol. The molecule has 0 unspecified atom stereocenters. The van der Waals surface area contributed by atoms with E-state index in [4.69, 9.17) is 0 Å². The first-order valence-corrected chi connectivity index (χ1v) is 8.47. The minimum Gasteiger partial charge on any atom is -0.354 e. The fraction of sp³-hybridized carbons (Fsp3) is 0. The number of amides is 1. The van der Waals surface area contributed by atoms with Crippen molar-refractivity contribution in [2.24, 2.45) is 0 Å².